The summed E-state index contributed by atoms with van der Waals surface area (Å²) in [6, 6.07) is 0. The Hall–Kier alpha value is -0.520. The third-order valence-corrected chi connectivity index (χ3v) is 3.23. The Bertz CT molecular complexity index is 382. The number of fused-ring (bicyclic) bond motifs is 1. The average molecular weight is 319 g/mol. The van der Waals surface area contributed by atoms with Gasteiger partial charge in [0.25, 0.3) is 5.88 Å². The molecule has 0 spiro atoms. The number of hydrogen-bond acceptors (Lipinski definition) is 3. The number of hydrogen-bond donors (Lipinski definition) is 0. The molecule has 0 N–H and O–H groups in total. The third kappa shape index (κ3) is 2.35. The molecule has 0 unspecified atom stereocenters. The van der Waals surface area contributed by atoms with E-state index in [1.807, 2.05) is 13.8 Å². The fourth-order valence-corrected chi connectivity index (χ4v) is 2.45. The van der Waals surface area contributed by atoms with Gasteiger partial charge in [-0.2, -0.15) is 0 Å². The molecule has 0 aliphatic heterocycles. The van der Waals surface area contributed by atoms with E-state index in [0.717, 1.165) is 30.6 Å². The summed E-state index contributed by atoms with van der Waals surface area (Å²) < 4.78 is 12.1. The van der Waals surface area contributed by atoms with Gasteiger partial charge in [-0.15, -0.1) is 0 Å². The molecule has 0 aromatic carbocycles. The van der Waals surface area contributed by atoms with Crippen LogP contribution < -0.4 is 4.74 Å². The molecule has 4 heteroatoms. The molecule has 1 aliphatic carbocycles. The number of ether oxygens (including phenoxy) is 1. The summed E-state index contributed by atoms with van der Waals surface area (Å²) in [5.74, 6) is 1.60. The van der Waals surface area contributed by atoms with Crippen molar-refractivity contribution in [2.75, 3.05) is 0 Å². The summed E-state index contributed by atoms with van der Waals surface area (Å²) in [5, 5.41) is 3.99. The third-order valence-electron chi connectivity index (χ3n) is 2.25. The molecule has 1 aliphatic rings. The molecular weight excluding hydrogens is 305 g/mol. The smallest absolute Gasteiger partial charge is 0.263 e. The molecular formula is C11H14INO2. The number of nitrogens with zero attached hydrogens (tertiary/aromatic N) is 1. The number of allylic oxidation sites excluding steroid dienone is 1. The van der Waals surface area contributed by atoms with Crippen molar-refractivity contribution in [3.05, 3.63) is 17.4 Å². The van der Waals surface area contributed by atoms with E-state index >= 15 is 0 Å². The maximum Gasteiger partial charge on any atom is 0.263 e. The van der Waals surface area contributed by atoms with Crippen molar-refractivity contribution in [3.8, 4) is 5.88 Å². The lowest BCUT2D eigenvalue weighted by Gasteiger charge is -2.07. The molecule has 1 aromatic heterocycles. The second kappa shape index (κ2) is 4.55. The fourth-order valence-electron chi connectivity index (χ4n) is 1.61. The van der Waals surface area contributed by atoms with E-state index in [4.69, 9.17) is 9.26 Å². The van der Waals surface area contributed by atoms with Crippen LogP contribution in [-0.4, -0.2) is 11.3 Å². The van der Waals surface area contributed by atoms with Gasteiger partial charge in [0, 0.05) is 10.0 Å². The van der Waals surface area contributed by atoms with Crippen LogP contribution in [0.5, 0.6) is 5.88 Å². The second-order valence-corrected chi connectivity index (χ2v) is 5.06. The maximum atomic E-state index is 5.63. The molecule has 0 saturated heterocycles. The molecule has 0 bridgehead atoms. The van der Waals surface area contributed by atoms with Crippen LogP contribution in [0.15, 0.2) is 10.6 Å². The molecule has 0 fully saturated rings. The first kappa shape index (κ1) is 11.0. The predicted octanol–water partition coefficient (Wildman–Crippen LogP) is 3.57. The van der Waals surface area contributed by atoms with Gasteiger partial charge in [-0.1, -0.05) is 6.08 Å². The Morgan fingerprint density at radius 2 is 2.33 bits per heavy atom. The summed E-state index contributed by atoms with van der Waals surface area (Å²) >= 11 is 2.32. The lowest BCUT2D eigenvalue weighted by Crippen LogP contribution is -2.06. The second-order valence-electron chi connectivity index (χ2n) is 3.90. The van der Waals surface area contributed by atoms with E-state index in [9.17, 15) is 0 Å². The minimum Gasteiger partial charge on any atom is -0.472 e. The first-order valence-electron chi connectivity index (χ1n) is 5.19. The highest BCUT2D eigenvalue weighted by molar-refractivity contribution is 14.1. The van der Waals surface area contributed by atoms with Crippen molar-refractivity contribution in [2.45, 2.75) is 39.2 Å². The highest BCUT2D eigenvalue weighted by Gasteiger charge is 2.21. The molecule has 15 heavy (non-hydrogen) atoms. The topological polar surface area (TPSA) is 35.3 Å². The van der Waals surface area contributed by atoms with Gasteiger partial charge in [0.1, 0.15) is 5.76 Å². The van der Waals surface area contributed by atoms with Crippen molar-refractivity contribution in [2.24, 2.45) is 0 Å². The Kier molecular flexibility index (Phi) is 3.33. The molecule has 1 heterocycles. The van der Waals surface area contributed by atoms with Gasteiger partial charge < -0.3 is 9.26 Å². The predicted molar refractivity (Wildman–Crippen MR) is 67.2 cm³/mol. The van der Waals surface area contributed by atoms with Crippen LogP contribution in [0, 0.1) is 0 Å². The summed E-state index contributed by atoms with van der Waals surface area (Å²) in [6.45, 7) is 3.99. The van der Waals surface area contributed by atoms with E-state index in [2.05, 4.69) is 33.8 Å². The standard InChI is InChI=1S/C11H14INO2/c1-7(2)14-11-10-8(12)5-3-4-6-9(10)15-13-11/h5,7H,3-4,6H2,1-2H3. The van der Waals surface area contributed by atoms with Gasteiger partial charge >= 0.3 is 0 Å². The number of aryl methyl sites for hydroxylation is 1. The van der Waals surface area contributed by atoms with Gasteiger partial charge in [-0.3, -0.25) is 0 Å². The minimum atomic E-state index is 0.131. The largest absolute Gasteiger partial charge is 0.472 e. The van der Waals surface area contributed by atoms with Gasteiger partial charge in [0.05, 0.1) is 11.7 Å². The maximum absolute atomic E-state index is 5.63. The molecule has 2 rings (SSSR count). The average Bonchev–Trinajstić information content (AvgIpc) is 2.45. The van der Waals surface area contributed by atoms with Crippen molar-refractivity contribution < 1.29 is 9.26 Å². The molecule has 0 radical (unpaired) electrons. The van der Waals surface area contributed by atoms with Gasteiger partial charge in [0.2, 0.25) is 0 Å². The van der Waals surface area contributed by atoms with Gasteiger partial charge in [0.15, 0.2) is 0 Å². The SMILES string of the molecule is CC(C)Oc1noc2c1C(I)=CCCC2. The van der Waals surface area contributed by atoms with Crippen LogP contribution in [0.1, 0.15) is 38.0 Å². The van der Waals surface area contributed by atoms with E-state index in [0.29, 0.717) is 5.88 Å². The Balaban J connectivity index is 2.37. The van der Waals surface area contributed by atoms with Crippen molar-refractivity contribution in [1.82, 2.24) is 5.16 Å². The molecule has 0 amide bonds. The van der Waals surface area contributed by atoms with E-state index in [-0.39, 0.29) is 6.10 Å². The Morgan fingerprint density at radius 3 is 3.07 bits per heavy atom. The Labute approximate surface area is 103 Å². The number of halogens is 1. The molecule has 0 saturated carbocycles. The summed E-state index contributed by atoms with van der Waals surface area (Å²) in [7, 11) is 0. The van der Waals surface area contributed by atoms with Crippen LogP contribution in [0.4, 0.5) is 0 Å². The zero-order valence-corrected chi connectivity index (χ0v) is 11.1. The minimum absolute atomic E-state index is 0.131. The zero-order chi connectivity index (χ0) is 10.8. The summed E-state index contributed by atoms with van der Waals surface area (Å²) in [4.78, 5) is 0. The highest BCUT2D eigenvalue weighted by Crippen LogP contribution is 2.37. The zero-order valence-electron chi connectivity index (χ0n) is 8.92. The van der Waals surface area contributed by atoms with Crippen LogP contribution in [0.3, 0.4) is 0 Å². The lowest BCUT2D eigenvalue weighted by atomic mass is 10.2. The molecule has 0 atom stereocenters. The summed E-state index contributed by atoms with van der Waals surface area (Å²) in [6.07, 6.45) is 5.52. The fraction of sp³-hybridized carbons (Fsp3) is 0.545. The van der Waals surface area contributed by atoms with E-state index < -0.39 is 0 Å². The molecule has 1 aromatic rings. The first-order valence-corrected chi connectivity index (χ1v) is 6.27. The molecule has 82 valence electrons. The van der Waals surface area contributed by atoms with Crippen molar-refractivity contribution in [3.63, 3.8) is 0 Å². The van der Waals surface area contributed by atoms with Gasteiger partial charge in [-0.05, 0) is 54.4 Å². The highest BCUT2D eigenvalue weighted by atomic mass is 127. The van der Waals surface area contributed by atoms with Crippen molar-refractivity contribution in [1.29, 1.82) is 0 Å². The monoisotopic (exact) mass is 319 g/mol. The number of rotatable bonds is 2. The van der Waals surface area contributed by atoms with Crippen LogP contribution in [0.2, 0.25) is 0 Å². The van der Waals surface area contributed by atoms with E-state index in [1.165, 1.54) is 3.58 Å². The van der Waals surface area contributed by atoms with E-state index in [1.54, 1.807) is 0 Å². The molecule has 3 nitrogen and oxygen atoms in total. The van der Waals surface area contributed by atoms with Crippen LogP contribution >= 0.6 is 22.6 Å². The first-order chi connectivity index (χ1) is 7.18. The lowest BCUT2D eigenvalue weighted by molar-refractivity contribution is 0.216. The summed E-state index contributed by atoms with van der Waals surface area (Å²) in [5.41, 5.74) is 1.06. The Morgan fingerprint density at radius 1 is 1.53 bits per heavy atom. The number of aromatic nitrogens is 1. The van der Waals surface area contributed by atoms with Crippen LogP contribution in [0.25, 0.3) is 3.58 Å². The van der Waals surface area contributed by atoms with Crippen LogP contribution in [-0.2, 0) is 6.42 Å². The quantitative estimate of drug-likeness (QED) is 0.782. The normalized spacial score (nSPS) is 15.9. The van der Waals surface area contributed by atoms with Crippen molar-refractivity contribution >= 4 is 26.2 Å². The van der Waals surface area contributed by atoms with Gasteiger partial charge in [-0.25, -0.2) is 0 Å².